The van der Waals surface area contributed by atoms with Gasteiger partial charge in [0.15, 0.2) is 0 Å². The third-order valence-electron chi connectivity index (χ3n) is 4.22. The zero-order valence-electron chi connectivity index (χ0n) is 15.4. The number of nitrogens with zero attached hydrogens (tertiary/aromatic N) is 1. The summed E-state index contributed by atoms with van der Waals surface area (Å²) in [6.07, 6.45) is -1.05. The van der Waals surface area contributed by atoms with E-state index >= 15 is 0 Å². The van der Waals surface area contributed by atoms with Gasteiger partial charge < -0.3 is 15.8 Å². The second kappa shape index (κ2) is 8.55. The van der Waals surface area contributed by atoms with Crippen LogP contribution in [0.3, 0.4) is 0 Å². The van der Waals surface area contributed by atoms with E-state index in [1.807, 2.05) is 24.3 Å². The predicted molar refractivity (Wildman–Crippen MR) is 103 cm³/mol. The lowest BCUT2D eigenvalue weighted by Gasteiger charge is -2.13. The first-order valence-electron chi connectivity index (χ1n) is 8.79. The number of hydrogen-bond donors (Lipinski definition) is 2. The molecular weight excluding hydrogens is 361 g/mol. The molecule has 1 heterocycles. The lowest BCUT2D eigenvalue weighted by molar-refractivity contribution is -0.119. The summed E-state index contributed by atoms with van der Waals surface area (Å²) < 4.78 is 19.7. The summed E-state index contributed by atoms with van der Waals surface area (Å²) in [5.74, 6) is 4.98. The van der Waals surface area contributed by atoms with Gasteiger partial charge in [0.2, 0.25) is 5.91 Å². The van der Waals surface area contributed by atoms with Crippen LogP contribution >= 0.6 is 0 Å². The number of nitrogens with one attached hydrogen (secondary N) is 1. The second-order valence-corrected chi connectivity index (χ2v) is 6.37. The molecule has 1 atom stereocenters. The molecule has 2 aromatic carbocycles. The largest absolute Gasteiger partial charge is 0.442 e. The van der Waals surface area contributed by atoms with Gasteiger partial charge >= 0.3 is 6.09 Å². The molecule has 2 aromatic rings. The Morgan fingerprint density at radius 3 is 2.86 bits per heavy atom. The molecule has 0 radical (unpaired) electrons. The molecule has 0 aromatic heterocycles. The Balaban J connectivity index is 1.73. The first-order valence-corrected chi connectivity index (χ1v) is 8.79. The number of hydrogen-bond acceptors (Lipinski definition) is 4. The summed E-state index contributed by atoms with van der Waals surface area (Å²) in [7, 11) is 0. The third-order valence-corrected chi connectivity index (χ3v) is 4.22. The van der Waals surface area contributed by atoms with Crippen molar-refractivity contribution in [1.29, 1.82) is 0 Å². The highest BCUT2D eigenvalue weighted by Crippen LogP contribution is 2.23. The van der Waals surface area contributed by atoms with E-state index < -0.39 is 18.0 Å². The molecule has 0 unspecified atom stereocenters. The van der Waals surface area contributed by atoms with Gasteiger partial charge in [-0.1, -0.05) is 24.0 Å². The minimum atomic E-state index is -0.577. The predicted octanol–water partition coefficient (Wildman–Crippen LogP) is 2.15. The Bertz CT molecular complexity index is 965. The van der Waals surface area contributed by atoms with Gasteiger partial charge in [-0.05, 0) is 35.9 Å². The van der Waals surface area contributed by atoms with Crippen molar-refractivity contribution >= 4 is 17.7 Å². The quantitative estimate of drug-likeness (QED) is 0.795. The first-order chi connectivity index (χ1) is 13.5. The SMILES string of the molecule is CC(=O)NC[C@H]1CN(c2ccc(C#Cc3cccc(CN)c3)c(F)c2)C(=O)O1. The number of carbonyl (C=O) groups excluding carboxylic acids is 2. The van der Waals surface area contributed by atoms with Crippen LogP contribution in [0.2, 0.25) is 0 Å². The fraction of sp³-hybridized carbons (Fsp3) is 0.238. The molecule has 7 heteroatoms. The minimum absolute atomic E-state index is 0.208. The Kier molecular flexibility index (Phi) is 5.92. The molecule has 6 nitrogen and oxygen atoms in total. The number of ether oxygens (including phenoxy) is 1. The van der Waals surface area contributed by atoms with Gasteiger partial charge in [-0.15, -0.1) is 0 Å². The molecule has 1 fully saturated rings. The van der Waals surface area contributed by atoms with Crippen molar-refractivity contribution in [2.45, 2.75) is 19.6 Å². The van der Waals surface area contributed by atoms with E-state index in [4.69, 9.17) is 10.5 Å². The number of nitrogens with two attached hydrogens (primary N) is 1. The average molecular weight is 381 g/mol. The van der Waals surface area contributed by atoms with Crippen LogP contribution in [0.25, 0.3) is 0 Å². The molecule has 0 saturated carbocycles. The number of amides is 2. The maximum absolute atomic E-state index is 14.5. The highest BCUT2D eigenvalue weighted by atomic mass is 19.1. The van der Waals surface area contributed by atoms with Gasteiger partial charge in [-0.2, -0.15) is 0 Å². The Morgan fingerprint density at radius 2 is 2.14 bits per heavy atom. The molecule has 28 heavy (non-hydrogen) atoms. The van der Waals surface area contributed by atoms with Crippen LogP contribution in [0, 0.1) is 17.7 Å². The fourth-order valence-corrected chi connectivity index (χ4v) is 2.79. The molecule has 0 spiro atoms. The van der Waals surface area contributed by atoms with Gasteiger partial charge in [-0.25, -0.2) is 9.18 Å². The van der Waals surface area contributed by atoms with Gasteiger partial charge in [-0.3, -0.25) is 9.69 Å². The first kappa shape index (κ1) is 19.4. The van der Waals surface area contributed by atoms with Crippen LogP contribution in [0.15, 0.2) is 42.5 Å². The maximum Gasteiger partial charge on any atom is 0.414 e. The standard InChI is InChI=1S/C21H20FN3O3/c1-14(26)24-12-19-13-25(21(27)28-19)18-8-7-17(20(22)10-18)6-5-15-3-2-4-16(9-15)11-23/h2-4,7-10,19H,11-13,23H2,1H3,(H,24,26)/t19-/m0/s1. The number of rotatable bonds is 4. The van der Waals surface area contributed by atoms with E-state index in [1.165, 1.54) is 24.0 Å². The summed E-state index contributed by atoms with van der Waals surface area (Å²) in [4.78, 5) is 24.3. The van der Waals surface area contributed by atoms with E-state index in [2.05, 4.69) is 17.2 Å². The van der Waals surface area contributed by atoms with E-state index in [0.29, 0.717) is 12.2 Å². The van der Waals surface area contributed by atoms with Crippen LogP contribution in [0.5, 0.6) is 0 Å². The summed E-state index contributed by atoms with van der Waals surface area (Å²) in [6.45, 7) is 2.24. The molecule has 0 bridgehead atoms. The Labute approximate surface area is 162 Å². The molecule has 1 saturated heterocycles. The topological polar surface area (TPSA) is 84.7 Å². The molecule has 1 aliphatic heterocycles. The third kappa shape index (κ3) is 4.67. The van der Waals surface area contributed by atoms with Gasteiger partial charge in [0.05, 0.1) is 24.3 Å². The fourth-order valence-electron chi connectivity index (χ4n) is 2.79. The Hall–Kier alpha value is -3.37. The normalized spacial score (nSPS) is 15.6. The monoisotopic (exact) mass is 381 g/mol. The molecule has 3 rings (SSSR count). The van der Waals surface area contributed by atoms with Crippen LogP contribution in [0.1, 0.15) is 23.6 Å². The zero-order chi connectivity index (χ0) is 20.1. The number of anilines is 1. The molecular formula is C21H20FN3O3. The lowest BCUT2D eigenvalue weighted by Crippen LogP contribution is -2.33. The molecule has 0 aliphatic carbocycles. The molecule has 1 aliphatic rings. The van der Waals surface area contributed by atoms with Gasteiger partial charge in [0.1, 0.15) is 11.9 Å². The van der Waals surface area contributed by atoms with Crippen molar-refractivity contribution < 1.29 is 18.7 Å². The number of carbonyl (C=O) groups is 2. The highest BCUT2D eigenvalue weighted by Gasteiger charge is 2.32. The van der Waals surface area contributed by atoms with Crippen molar-refractivity contribution in [2.24, 2.45) is 5.73 Å². The van der Waals surface area contributed by atoms with Crippen LogP contribution in [0.4, 0.5) is 14.9 Å². The van der Waals surface area contributed by atoms with E-state index in [9.17, 15) is 14.0 Å². The molecule has 2 amide bonds. The van der Waals surface area contributed by atoms with Crippen molar-refractivity contribution in [2.75, 3.05) is 18.0 Å². The van der Waals surface area contributed by atoms with Crippen molar-refractivity contribution in [3.8, 4) is 11.8 Å². The number of cyclic esters (lactones) is 1. The van der Waals surface area contributed by atoms with Crippen molar-refractivity contribution in [3.05, 3.63) is 65.0 Å². The lowest BCUT2D eigenvalue weighted by atomic mass is 10.1. The van der Waals surface area contributed by atoms with E-state index in [1.54, 1.807) is 6.07 Å². The summed E-state index contributed by atoms with van der Waals surface area (Å²) in [6, 6.07) is 11.8. The molecule has 144 valence electrons. The van der Waals surface area contributed by atoms with Crippen molar-refractivity contribution in [3.63, 3.8) is 0 Å². The van der Waals surface area contributed by atoms with E-state index in [-0.39, 0.29) is 24.6 Å². The maximum atomic E-state index is 14.5. The van der Waals surface area contributed by atoms with E-state index in [0.717, 1.165) is 11.1 Å². The smallest absolute Gasteiger partial charge is 0.414 e. The molecule has 3 N–H and O–H groups in total. The number of halogens is 1. The Morgan fingerprint density at radius 1 is 1.32 bits per heavy atom. The number of benzene rings is 2. The van der Waals surface area contributed by atoms with Crippen LogP contribution in [-0.4, -0.2) is 31.2 Å². The minimum Gasteiger partial charge on any atom is -0.442 e. The summed E-state index contributed by atoms with van der Waals surface area (Å²) >= 11 is 0. The van der Waals surface area contributed by atoms with Crippen LogP contribution in [-0.2, 0) is 16.1 Å². The second-order valence-electron chi connectivity index (χ2n) is 6.37. The summed E-state index contributed by atoms with van der Waals surface area (Å²) in [5.41, 5.74) is 7.91. The highest BCUT2D eigenvalue weighted by molar-refractivity contribution is 5.90. The average Bonchev–Trinajstić information content (AvgIpc) is 3.06. The van der Waals surface area contributed by atoms with Gasteiger partial charge in [0, 0.05) is 19.0 Å². The van der Waals surface area contributed by atoms with Crippen molar-refractivity contribution in [1.82, 2.24) is 5.32 Å². The summed E-state index contributed by atoms with van der Waals surface area (Å²) in [5, 5.41) is 2.60. The van der Waals surface area contributed by atoms with Gasteiger partial charge in [0.25, 0.3) is 0 Å². The van der Waals surface area contributed by atoms with Crippen LogP contribution < -0.4 is 16.0 Å². The zero-order valence-corrected chi connectivity index (χ0v) is 15.4.